The molecule has 0 bridgehead atoms. The maximum Gasteiger partial charge on any atom is 0.239 e. The normalized spacial score (nSPS) is 19.1. The molecule has 21 heavy (non-hydrogen) atoms. The molecule has 0 radical (unpaired) electrons. The highest BCUT2D eigenvalue weighted by Gasteiger charge is 2.23. The molecule has 1 aliphatic heterocycles. The molecule has 0 aliphatic carbocycles. The van der Waals surface area contributed by atoms with E-state index in [9.17, 15) is 9.59 Å². The number of amides is 2. The van der Waals surface area contributed by atoms with Crippen LogP contribution in [0, 0.1) is 0 Å². The largest absolute Gasteiger partial charge is 0.352 e. The van der Waals surface area contributed by atoms with Crippen molar-refractivity contribution in [3.63, 3.8) is 0 Å². The van der Waals surface area contributed by atoms with Gasteiger partial charge in [0, 0.05) is 39.1 Å². The quantitative estimate of drug-likeness (QED) is 0.343. The molecule has 8 heteroatoms. The molecule has 1 aliphatic rings. The van der Waals surface area contributed by atoms with E-state index in [1.807, 2.05) is 13.8 Å². The molecule has 7 nitrogen and oxygen atoms in total. The highest BCUT2D eigenvalue weighted by Crippen LogP contribution is 2.09. The van der Waals surface area contributed by atoms with Gasteiger partial charge in [-0.2, -0.15) is 0 Å². The second-order valence-corrected chi connectivity index (χ2v) is 5.30. The van der Waals surface area contributed by atoms with E-state index in [2.05, 4.69) is 20.9 Å². The van der Waals surface area contributed by atoms with Crippen LogP contribution in [0.3, 0.4) is 0 Å². The van der Waals surface area contributed by atoms with E-state index in [0.29, 0.717) is 18.9 Å². The van der Waals surface area contributed by atoms with Crippen LogP contribution in [-0.2, 0) is 9.59 Å². The SMILES string of the molecule is CN=C(NCC(=O)NC(C)C)NC1CCC(=O)N(C)C1.I. The number of nitrogens with zero attached hydrogens (tertiary/aromatic N) is 2. The van der Waals surface area contributed by atoms with E-state index in [1.54, 1.807) is 19.0 Å². The number of guanidine groups is 1. The van der Waals surface area contributed by atoms with Crippen molar-refractivity contribution in [3.05, 3.63) is 0 Å². The maximum atomic E-state index is 11.6. The Morgan fingerprint density at radius 1 is 1.48 bits per heavy atom. The molecule has 1 heterocycles. The van der Waals surface area contributed by atoms with Crippen LogP contribution >= 0.6 is 24.0 Å². The zero-order valence-electron chi connectivity index (χ0n) is 13.1. The second-order valence-electron chi connectivity index (χ2n) is 5.30. The summed E-state index contributed by atoms with van der Waals surface area (Å²) in [4.78, 5) is 28.8. The van der Waals surface area contributed by atoms with Gasteiger partial charge in [-0.25, -0.2) is 0 Å². The average Bonchev–Trinajstić information content (AvgIpc) is 2.37. The van der Waals surface area contributed by atoms with Crippen LogP contribution in [0.5, 0.6) is 0 Å². The number of likely N-dealkylation sites (N-methyl/N-ethyl adjacent to an activating group) is 1. The van der Waals surface area contributed by atoms with Crippen LogP contribution < -0.4 is 16.0 Å². The molecule has 1 rings (SSSR count). The Hall–Kier alpha value is -1.06. The molecule has 0 aromatic carbocycles. The first-order valence-corrected chi connectivity index (χ1v) is 6.93. The molecule has 0 aromatic heterocycles. The van der Waals surface area contributed by atoms with Gasteiger partial charge in [0.1, 0.15) is 0 Å². The Labute approximate surface area is 143 Å². The molecule has 0 spiro atoms. The van der Waals surface area contributed by atoms with Gasteiger partial charge in [-0.15, -0.1) is 24.0 Å². The minimum atomic E-state index is -0.0705. The van der Waals surface area contributed by atoms with Gasteiger partial charge in [-0.1, -0.05) is 0 Å². The van der Waals surface area contributed by atoms with E-state index < -0.39 is 0 Å². The Kier molecular flexibility index (Phi) is 9.31. The molecule has 1 fully saturated rings. The summed E-state index contributed by atoms with van der Waals surface area (Å²) >= 11 is 0. The van der Waals surface area contributed by atoms with Gasteiger partial charge >= 0.3 is 0 Å². The Balaban J connectivity index is 0.00000400. The van der Waals surface area contributed by atoms with Crippen molar-refractivity contribution in [2.75, 3.05) is 27.2 Å². The van der Waals surface area contributed by atoms with Crippen LogP contribution in [-0.4, -0.2) is 61.9 Å². The Bertz CT molecular complexity index is 387. The number of hydrogen-bond donors (Lipinski definition) is 3. The van der Waals surface area contributed by atoms with E-state index in [-0.39, 0.29) is 54.4 Å². The summed E-state index contributed by atoms with van der Waals surface area (Å²) in [6, 6.07) is 0.286. The fraction of sp³-hybridized carbons (Fsp3) is 0.769. The number of likely N-dealkylation sites (tertiary alicyclic amines) is 1. The maximum absolute atomic E-state index is 11.6. The summed E-state index contributed by atoms with van der Waals surface area (Å²) in [6.07, 6.45) is 1.32. The Morgan fingerprint density at radius 3 is 2.67 bits per heavy atom. The number of aliphatic imine (C=N–C) groups is 1. The van der Waals surface area contributed by atoms with Crippen LogP contribution in [0.2, 0.25) is 0 Å². The van der Waals surface area contributed by atoms with Crippen LogP contribution in [0.15, 0.2) is 4.99 Å². The minimum absolute atomic E-state index is 0. The average molecular weight is 411 g/mol. The summed E-state index contributed by atoms with van der Waals surface area (Å²) in [7, 11) is 3.45. The van der Waals surface area contributed by atoms with Gasteiger partial charge in [-0.05, 0) is 20.3 Å². The smallest absolute Gasteiger partial charge is 0.239 e. The third-order valence-corrected chi connectivity index (χ3v) is 3.06. The number of carbonyl (C=O) groups is 2. The number of nitrogens with one attached hydrogen (secondary N) is 3. The highest BCUT2D eigenvalue weighted by molar-refractivity contribution is 14.0. The van der Waals surface area contributed by atoms with Gasteiger partial charge in [0.2, 0.25) is 11.8 Å². The standard InChI is InChI=1S/C13H25N5O2.HI/c1-9(2)16-11(19)7-15-13(14-3)17-10-5-6-12(20)18(4)8-10;/h9-10H,5-8H2,1-4H3,(H,16,19)(H2,14,15,17);1H. The number of carbonyl (C=O) groups excluding carboxylic acids is 2. The fourth-order valence-corrected chi connectivity index (χ4v) is 2.06. The molecule has 0 aromatic rings. The molecule has 1 saturated heterocycles. The molecule has 2 amide bonds. The number of piperidine rings is 1. The lowest BCUT2D eigenvalue weighted by molar-refractivity contribution is -0.132. The lowest BCUT2D eigenvalue weighted by Crippen LogP contribution is -2.53. The first-order valence-electron chi connectivity index (χ1n) is 6.93. The van der Waals surface area contributed by atoms with Gasteiger partial charge in [0.25, 0.3) is 0 Å². The van der Waals surface area contributed by atoms with Crippen molar-refractivity contribution in [2.24, 2.45) is 4.99 Å². The lowest BCUT2D eigenvalue weighted by Gasteiger charge is -2.31. The van der Waals surface area contributed by atoms with E-state index in [1.165, 1.54) is 0 Å². The first kappa shape index (κ1) is 19.9. The van der Waals surface area contributed by atoms with Crippen LogP contribution in [0.1, 0.15) is 26.7 Å². The van der Waals surface area contributed by atoms with E-state index in [0.717, 1.165) is 6.42 Å². The lowest BCUT2D eigenvalue weighted by atomic mass is 10.1. The van der Waals surface area contributed by atoms with Crippen molar-refractivity contribution in [3.8, 4) is 0 Å². The van der Waals surface area contributed by atoms with Crippen molar-refractivity contribution in [2.45, 2.75) is 38.8 Å². The predicted octanol–water partition coefficient (Wildman–Crippen LogP) is -0.0852. The summed E-state index contributed by atoms with van der Waals surface area (Å²) in [6.45, 7) is 4.66. The predicted molar refractivity (Wildman–Crippen MR) is 93.9 cm³/mol. The molecule has 122 valence electrons. The monoisotopic (exact) mass is 411 g/mol. The fourth-order valence-electron chi connectivity index (χ4n) is 2.06. The summed E-state index contributed by atoms with van der Waals surface area (Å²) in [5.41, 5.74) is 0. The topological polar surface area (TPSA) is 85.8 Å². The molecule has 3 N–H and O–H groups in total. The molecular weight excluding hydrogens is 385 g/mol. The van der Waals surface area contributed by atoms with E-state index in [4.69, 9.17) is 0 Å². The number of halogens is 1. The molecular formula is C13H26IN5O2. The van der Waals surface area contributed by atoms with Crippen molar-refractivity contribution < 1.29 is 9.59 Å². The van der Waals surface area contributed by atoms with Gasteiger partial charge in [0.15, 0.2) is 5.96 Å². The minimum Gasteiger partial charge on any atom is -0.352 e. The van der Waals surface area contributed by atoms with Crippen molar-refractivity contribution >= 4 is 41.8 Å². The molecule has 0 saturated carbocycles. The van der Waals surface area contributed by atoms with Gasteiger partial charge in [0.05, 0.1) is 6.54 Å². The van der Waals surface area contributed by atoms with Gasteiger partial charge in [-0.3, -0.25) is 14.6 Å². The highest BCUT2D eigenvalue weighted by atomic mass is 127. The third kappa shape index (κ3) is 7.49. The Morgan fingerprint density at radius 2 is 2.14 bits per heavy atom. The van der Waals surface area contributed by atoms with Crippen LogP contribution in [0.4, 0.5) is 0 Å². The number of rotatable bonds is 4. The number of hydrogen-bond acceptors (Lipinski definition) is 3. The zero-order valence-corrected chi connectivity index (χ0v) is 15.4. The van der Waals surface area contributed by atoms with Crippen molar-refractivity contribution in [1.82, 2.24) is 20.9 Å². The summed E-state index contributed by atoms with van der Waals surface area (Å²) < 4.78 is 0. The summed E-state index contributed by atoms with van der Waals surface area (Å²) in [5.74, 6) is 0.679. The van der Waals surface area contributed by atoms with E-state index >= 15 is 0 Å². The molecule has 1 unspecified atom stereocenters. The molecule has 1 atom stereocenters. The van der Waals surface area contributed by atoms with Gasteiger partial charge < -0.3 is 20.9 Å². The zero-order chi connectivity index (χ0) is 15.1. The van der Waals surface area contributed by atoms with Crippen LogP contribution in [0.25, 0.3) is 0 Å². The second kappa shape index (κ2) is 9.80. The first-order chi connectivity index (χ1) is 9.42. The summed E-state index contributed by atoms with van der Waals surface area (Å²) in [5, 5.41) is 9.00. The third-order valence-electron chi connectivity index (χ3n) is 3.06. The van der Waals surface area contributed by atoms with Crippen molar-refractivity contribution in [1.29, 1.82) is 0 Å².